The molecule has 1 atom stereocenters. The summed E-state index contributed by atoms with van der Waals surface area (Å²) >= 11 is 0. The molecular weight excluding hydrogens is 234 g/mol. The summed E-state index contributed by atoms with van der Waals surface area (Å²) in [7, 11) is 0. The highest BCUT2D eigenvalue weighted by atomic mass is 19.1. The van der Waals surface area contributed by atoms with Gasteiger partial charge in [0.15, 0.2) is 0 Å². The molecule has 94 valence electrons. The number of halogens is 2. The van der Waals surface area contributed by atoms with Gasteiger partial charge in [-0.25, -0.2) is 8.78 Å². The minimum Gasteiger partial charge on any atom is -0.388 e. The van der Waals surface area contributed by atoms with Gasteiger partial charge in [0, 0.05) is 12.5 Å². The predicted octanol–water partition coefficient (Wildman–Crippen LogP) is 3.55. The lowest BCUT2D eigenvalue weighted by Gasteiger charge is -2.13. The highest BCUT2D eigenvalue weighted by Crippen LogP contribution is 2.21. The molecule has 0 amide bonds. The fourth-order valence-corrected chi connectivity index (χ4v) is 1.93. The van der Waals surface area contributed by atoms with Gasteiger partial charge in [0.05, 0.1) is 6.10 Å². The maximum absolute atomic E-state index is 13.1. The topological polar surface area (TPSA) is 20.2 Å². The Morgan fingerprint density at radius 1 is 1.06 bits per heavy atom. The van der Waals surface area contributed by atoms with Crippen molar-refractivity contribution in [1.29, 1.82) is 0 Å². The zero-order valence-electron chi connectivity index (χ0n) is 10.0. The summed E-state index contributed by atoms with van der Waals surface area (Å²) in [5.74, 6) is -1.34. The second kappa shape index (κ2) is 5.27. The number of aryl methyl sites for hydroxylation is 1. The normalized spacial score (nSPS) is 12.4. The van der Waals surface area contributed by atoms with Gasteiger partial charge in [0.2, 0.25) is 0 Å². The third-order valence-electron chi connectivity index (χ3n) is 2.94. The van der Waals surface area contributed by atoms with Crippen molar-refractivity contribution in [3.63, 3.8) is 0 Å². The van der Waals surface area contributed by atoms with E-state index in [0.717, 1.165) is 29.3 Å². The Kier molecular flexibility index (Phi) is 3.72. The van der Waals surface area contributed by atoms with Crippen LogP contribution in [0.3, 0.4) is 0 Å². The van der Waals surface area contributed by atoms with Gasteiger partial charge >= 0.3 is 0 Å². The minimum atomic E-state index is -0.906. The van der Waals surface area contributed by atoms with Crippen LogP contribution in [0.5, 0.6) is 0 Å². The van der Waals surface area contributed by atoms with E-state index in [-0.39, 0.29) is 5.56 Å². The molecule has 1 unspecified atom stereocenters. The average molecular weight is 248 g/mol. The molecule has 0 fully saturated rings. The average Bonchev–Trinajstić information content (AvgIpc) is 2.31. The summed E-state index contributed by atoms with van der Waals surface area (Å²) in [6.45, 7) is 1.94. The Hall–Kier alpha value is -1.74. The van der Waals surface area contributed by atoms with Gasteiger partial charge < -0.3 is 5.11 Å². The number of aliphatic hydroxyl groups excluding tert-OH is 1. The zero-order chi connectivity index (χ0) is 13.1. The molecule has 1 nitrogen and oxygen atoms in total. The van der Waals surface area contributed by atoms with Gasteiger partial charge in [0.25, 0.3) is 0 Å². The highest BCUT2D eigenvalue weighted by Gasteiger charge is 2.12. The van der Waals surface area contributed by atoms with Crippen LogP contribution in [0.4, 0.5) is 8.78 Å². The van der Waals surface area contributed by atoms with E-state index in [2.05, 4.69) is 0 Å². The molecule has 0 spiro atoms. The molecule has 3 heteroatoms. The van der Waals surface area contributed by atoms with Crippen molar-refractivity contribution in [1.82, 2.24) is 0 Å². The third kappa shape index (κ3) is 2.93. The van der Waals surface area contributed by atoms with Gasteiger partial charge in [-0.2, -0.15) is 0 Å². The standard InChI is InChI=1S/C15H14F2O/c1-10-4-2-3-5-11(10)8-15(18)12-6-13(16)9-14(17)7-12/h2-7,9,15,18H,8H2,1H3. The molecule has 2 rings (SSSR count). The number of benzene rings is 2. The number of hydrogen-bond acceptors (Lipinski definition) is 1. The fraction of sp³-hybridized carbons (Fsp3) is 0.200. The minimum absolute atomic E-state index is 0.260. The van der Waals surface area contributed by atoms with Gasteiger partial charge in [0.1, 0.15) is 11.6 Å². The number of hydrogen-bond donors (Lipinski definition) is 1. The quantitative estimate of drug-likeness (QED) is 0.880. The van der Waals surface area contributed by atoms with Crippen molar-refractivity contribution >= 4 is 0 Å². The van der Waals surface area contributed by atoms with Crippen molar-refractivity contribution in [2.75, 3.05) is 0 Å². The molecule has 0 bridgehead atoms. The lowest BCUT2D eigenvalue weighted by Crippen LogP contribution is -2.04. The van der Waals surface area contributed by atoms with Crippen molar-refractivity contribution in [3.8, 4) is 0 Å². The first-order valence-electron chi connectivity index (χ1n) is 5.75. The van der Waals surface area contributed by atoms with Crippen LogP contribution in [-0.4, -0.2) is 5.11 Å². The Morgan fingerprint density at radius 2 is 1.67 bits per heavy atom. The van der Waals surface area contributed by atoms with E-state index in [9.17, 15) is 13.9 Å². The van der Waals surface area contributed by atoms with Crippen molar-refractivity contribution in [3.05, 3.63) is 70.8 Å². The predicted molar refractivity (Wildman–Crippen MR) is 66.2 cm³/mol. The van der Waals surface area contributed by atoms with Crippen LogP contribution in [0, 0.1) is 18.6 Å². The molecule has 0 aromatic heterocycles. The van der Waals surface area contributed by atoms with E-state index in [1.807, 2.05) is 31.2 Å². The molecule has 2 aromatic rings. The first-order chi connectivity index (χ1) is 8.56. The molecule has 0 aliphatic carbocycles. The van der Waals surface area contributed by atoms with E-state index in [1.54, 1.807) is 0 Å². The molecule has 0 aliphatic heterocycles. The largest absolute Gasteiger partial charge is 0.388 e. The first-order valence-corrected chi connectivity index (χ1v) is 5.75. The summed E-state index contributed by atoms with van der Waals surface area (Å²) in [4.78, 5) is 0. The maximum Gasteiger partial charge on any atom is 0.126 e. The molecule has 1 N–H and O–H groups in total. The van der Waals surface area contributed by atoms with E-state index in [4.69, 9.17) is 0 Å². The van der Waals surface area contributed by atoms with Gasteiger partial charge in [-0.15, -0.1) is 0 Å². The second-order valence-corrected chi connectivity index (χ2v) is 4.35. The van der Waals surface area contributed by atoms with Crippen LogP contribution in [-0.2, 0) is 6.42 Å². The van der Waals surface area contributed by atoms with Crippen LogP contribution in [0.15, 0.2) is 42.5 Å². The van der Waals surface area contributed by atoms with Gasteiger partial charge in [-0.05, 0) is 35.7 Å². The Morgan fingerprint density at radius 3 is 2.28 bits per heavy atom. The maximum atomic E-state index is 13.1. The van der Waals surface area contributed by atoms with Gasteiger partial charge in [-0.3, -0.25) is 0 Å². The summed E-state index contributed by atoms with van der Waals surface area (Å²) in [6.07, 6.45) is -0.563. The number of rotatable bonds is 3. The molecule has 0 radical (unpaired) electrons. The summed E-state index contributed by atoms with van der Waals surface area (Å²) in [6, 6.07) is 10.7. The smallest absolute Gasteiger partial charge is 0.126 e. The molecule has 0 saturated carbocycles. The van der Waals surface area contributed by atoms with Gasteiger partial charge in [-0.1, -0.05) is 24.3 Å². The Bertz CT molecular complexity index is 532. The SMILES string of the molecule is Cc1ccccc1CC(O)c1cc(F)cc(F)c1. The van der Waals surface area contributed by atoms with E-state index >= 15 is 0 Å². The first kappa shape index (κ1) is 12.7. The van der Waals surface area contributed by atoms with E-state index in [1.165, 1.54) is 0 Å². The molecule has 0 heterocycles. The van der Waals surface area contributed by atoms with Crippen LogP contribution < -0.4 is 0 Å². The summed E-state index contributed by atoms with van der Waals surface area (Å²) < 4.78 is 26.1. The summed E-state index contributed by atoms with van der Waals surface area (Å²) in [5.41, 5.74) is 2.28. The van der Waals surface area contributed by atoms with Crippen LogP contribution in [0.25, 0.3) is 0 Å². The van der Waals surface area contributed by atoms with Crippen molar-refractivity contribution in [2.45, 2.75) is 19.4 Å². The van der Waals surface area contributed by atoms with Crippen LogP contribution >= 0.6 is 0 Å². The number of aliphatic hydroxyl groups is 1. The van der Waals surface area contributed by atoms with Crippen LogP contribution in [0.2, 0.25) is 0 Å². The Balaban J connectivity index is 2.22. The van der Waals surface area contributed by atoms with E-state index in [0.29, 0.717) is 6.42 Å². The van der Waals surface area contributed by atoms with E-state index < -0.39 is 17.7 Å². The lowest BCUT2D eigenvalue weighted by molar-refractivity contribution is 0.177. The molecule has 0 saturated heterocycles. The molecular formula is C15H14F2O. The molecule has 2 aromatic carbocycles. The lowest BCUT2D eigenvalue weighted by atomic mass is 9.98. The van der Waals surface area contributed by atoms with Crippen LogP contribution in [0.1, 0.15) is 22.8 Å². The molecule has 0 aliphatic rings. The monoisotopic (exact) mass is 248 g/mol. The van der Waals surface area contributed by atoms with Crippen molar-refractivity contribution in [2.24, 2.45) is 0 Å². The van der Waals surface area contributed by atoms with Crippen molar-refractivity contribution < 1.29 is 13.9 Å². The second-order valence-electron chi connectivity index (χ2n) is 4.35. The molecule has 18 heavy (non-hydrogen) atoms. The summed E-state index contributed by atoms with van der Waals surface area (Å²) in [5, 5.41) is 10.0. The zero-order valence-corrected chi connectivity index (χ0v) is 10.0. The third-order valence-corrected chi connectivity index (χ3v) is 2.94. The highest BCUT2D eigenvalue weighted by molar-refractivity contribution is 5.28. The fourth-order valence-electron chi connectivity index (χ4n) is 1.93. The Labute approximate surface area is 105 Å².